The maximum Gasteiger partial charge on any atom is 0.123 e. The zero-order valence-electron chi connectivity index (χ0n) is 10.5. The number of hydrogen-bond acceptors (Lipinski definition) is 2. The van der Waals surface area contributed by atoms with Crippen molar-refractivity contribution in [2.45, 2.75) is 12.5 Å². The minimum absolute atomic E-state index is 0.0766. The van der Waals surface area contributed by atoms with Crippen LogP contribution in [0, 0.1) is 5.82 Å². The molecule has 1 atom stereocenters. The molecule has 1 unspecified atom stereocenters. The first kappa shape index (κ1) is 15.1. The number of rotatable bonds is 5. The minimum atomic E-state index is -0.784. The van der Waals surface area contributed by atoms with Crippen molar-refractivity contribution in [1.82, 2.24) is 0 Å². The van der Waals surface area contributed by atoms with Gasteiger partial charge in [0, 0.05) is 16.5 Å². The first-order valence-corrected chi connectivity index (χ1v) is 6.80. The van der Waals surface area contributed by atoms with Gasteiger partial charge in [-0.25, -0.2) is 4.39 Å². The molecule has 20 heavy (non-hydrogen) atoms. The van der Waals surface area contributed by atoms with Crippen molar-refractivity contribution >= 4 is 23.2 Å². The Balaban J connectivity index is 1.92. The molecule has 2 aromatic carbocycles. The second-order valence-corrected chi connectivity index (χ2v) is 5.21. The van der Waals surface area contributed by atoms with Crippen molar-refractivity contribution in [3.05, 3.63) is 63.9 Å². The Hall–Kier alpha value is -1.29. The summed E-state index contributed by atoms with van der Waals surface area (Å²) in [5, 5.41) is 10.9. The molecule has 0 saturated carbocycles. The predicted octanol–water partition coefficient (Wildman–Crippen LogP) is 4.11. The van der Waals surface area contributed by atoms with Gasteiger partial charge in [0.1, 0.15) is 18.2 Å². The van der Waals surface area contributed by atoms with Crippen LogP contribution in [0.1, 0.15) is 5.56 Å². The maximum atomic E-state index is 13.1. The quantitative estimate of drug-likeness (QED) is 0.899. The van der Waals surface area contributed by atoms with E-state index < -0.39 is 6.10 Å². The summed E-state index contributed by atoms with van der Waals surface area (Å²) in [6, 6.07) is 10.9. The molecule has 0 saturated heterocycles. The SMILES string of the molecule is OC(COc1cccc(Cl)c1)Cc1cc(F)ccc1Cl. The highest BCUT2D eigenvalue weighted by Crippen LogP contribution is 2.20. The zero-order valence-corrected chi connectivity index (χ0v) is 12.0. The van der Waals surface area contributed by atoms with Crippen molar-refractivity contribution in [1.29, 1.82) is 0 Å². The third-order valence-corrected chi connectivity index (χ3v) is 3.31. The Morgan fingerprint density at radius 1 is 1.15 bits per heavy atom. The van der Waals surface area contributed by atoms with Crippen molar-refractivity contribution in [2.75, 3.05) is 6.61 Å². The second-order valence-electron chi connectivity index (χ2n) is 4.36. The van der Waals surface area contributed by atoms with Gasteiger partial charge in [0.15, 0.2) is 0 Å². The topological polar surface area (TPSA) is 29.5 Å². The third-order valence-electron chi connectivity index (χ3n) is 2.70. The van der Waals surface area contributed by atoms with Crippen LogP contribution in [-0.2, 0) is 6.42 Å². The molecule has 0 radical (unpaired) electrons. The second kappa shape index (κ2) is 6.93. The molecule has 0 amide bonds. The fourth-order valence-corrected chi connectivity index (χ4v) is 2.14. The van der Waals surface area contributed by atoms with E-state index in [9.17, 15) is 9.50 Å². The first-order chi connectivity index (χ1) is 9.54. The van der Waals surface area contributed by atoms with Crippen LogP contribution in [0.5, 0.6) is 5.75 Å². The van der Waals surface area contributed by atoms with Gasteiger partial charge in [0.2, 0.25) is 0 Å². The highest BCUT2D eigenvalue weighted by atomic mass is 35.5. The molecule has 2 rings (SSSR count). The van der Waals surface area contributed by atoms with Crippen LogP contribution in [0.2, 0.25) is 10.0 Å². The fraction of sp³-hybridized carbons (Fsp3) is 0.200. The van der Waals surface area contributed by atoms with E-state index in [2.05, 4.69) is 0 Å². The molecule has 0 spiro atoms. The van der Waals surface area contributed by atoms with E-state index in [4.69, 9.17) is 27.9 Å². The van der Waals surface area contributed by atoms with Gasteiger partial charge in [-0.2, -0.15) is 0 Å². The van der Waals surface area contributed by atoms with E-state index in [0.717, 1.165) is 0 Å². The van der Waals surface area contributed by atoms with Gasteiger partial charge in [-0.1, -0.05) is 29.3 Å². The lowest BCUT2D eigenvalue weighted by Crippen LogP contribution is -2.20. The molecule has 1 N–H and O–H groups in total. The van der Waals surface area contributed by atoms with Gasteiger partial charge < -0.3 is 9.84 Å². The number of halogens is 3. The average molecular weight is 315 g/mol. The summed E-state index contributed by atoms with van der Waals surface area (Å²) in [5.41, 5.74) is 0.550. The summed E-state index contributed by atoms with van der Waals surface area (Å²) < 4.78 is 18.5. The van der Waals surface area contributed by atoms with E-state index >= 15 is 0 Å². The summed E-state index contributed by atoms with van der Waals surface area (Å²) in [4.78, 5) is 0. The fourth-order valence-electron chi connectivity index (χ4n) is 1.76. The molecular weight excluding hydrogens is 302 g/mol. The molecule has 0 aliphatic heterocycles. The Bertz CT molecular complexity index is 590. The summed E-state index contributed by atoms with van der Waals surface area (Å²) >= 11 is 11.8. The number of ether oxygens (including phenoxy) is 1. The molecule has 5 heteroatoms. The number of aliphatic hydroxyl groups is 1. The maximum absolute atomic E-state index is 13.1. The Kier molecular flexibility index (Phi) is 5.24. The summed E-state index contributed by atoms with van der Waals surface area (Å²) in [5.74, 6) is 0.189. The molecular formula is C15H13Cl2FO2. The molecule has 0 bridgehead atoms. The molecule has 0 fully saturated rings. The predicted molar refractivity (Wildman–Crippen MR) is 78.1 cm³/mol. The number of benzene rings is 2. The smallest absolute Gasteiger partial charge is 0.123 e. The lowest BCUT2D eigenvalue weighted by molar-refractivity contribution is 0.107. The summed E-state index contributed by atoms with van der Waals surface area (Å²) in [7, 11) is 0. The zero-order chi connectivity index (χ0) is 14.5. The van der Waals surface area contributed by atoms with Crippen LogP contribution < -0.4 is 4.74 Å². The van der Waals surface area contributed by atoms with Crippen LogP contribution in [0.4, 0.5) is 4.39 Å². The lowest BCUT2D eigenvalue weighted by atomic mass is 10.1. The lowest BCUT2D eigenvalue weighted by Gasteiger charge is -2.13. The van der Waals surface area contributed by atoms with Crippen LogP contribution in [0.15, 0.2) is 42.5 Å². The molecule has 0 aromatic heterocycles. The number of hydrogen-bond donors (Lipinski definition) is 1. The highest BCUT2D eigenvalue weighted by Gasteiger charge is 2.10. The average Bonchev–Trinajstić information content (AvgIpc) is 2.41. The van der Waals surface area contributed by atoms with Crippen LogP contribution >= 0.6 is 23.2 Å². The third kappa shape index (κ3) is 4.37. The van der Waals surface area contributed by atoms with Crippen LogP contribution in [0.3, 0.4) is 0 Å². The molecule has 0 aliphatic rings. The van der Waals surface area contributed by atoms with E-state index in [-0.39, 0.29) is 18.8 Å². The van der Waals surface area contributed by atoms with Gasteiger partial charge in [-0.3, -0.25) is 0 Å². The van der Waals surface area contributed by atoms with E-state index in [1.54, 1.807) is 24.3 Å². The molecule has 2 aromatic rings. The molecule has 0 heterocycles. The molecule has 2 nitrogen and oxygen atoms in total. The normalized spacial score (nSPS) is 12.2. The van der Waals surface area contributed by atoms with Gasteiger partial charge in [-0.05, 0) is 42.0 Å². The largest absolute Gasteiger partial charge is 0.491 e. The monoisotopic (exact) mass is 314 g/mol. The van der Waals surface area contributed by atoms with Crippen LogP contribution in [-0.4, -0.2) is 17.8 Å². The first-order valence-electron chi connectivity index (χ1n) is 6.05. The van der Waals surface area contributed by atoms with E-state index in [1.165, 1.54) is 18.2 Å². The van der Waals surface area contributed by atoms with E-state index in [1.807, 2.05) is 0 Å². The van der Waals surface area contributed by atoms with Gasteiger partial charge in [-0.15, -0.1) is 0 Å². The minimum Gasteiger partial charge on any atom is -0.491 e. The van der Waals surface area contributed by atoms with E-state index in [0.29, 0.717) is 21.4 Å². The van der Waals surface area contributed by atoms with Crippen molar-refractivity contribution < 1.29 is 14.2 Å². The summed E-state index contributed by atoms with van der Waals surface area (Å²) in [6.45, 7) is 0.0766. The highest BCUT2D eigenvalue weighted by molar-refractivity contribution is 6.31. The van der Waals surface area contributed by atoms with Crippen molar-refractivity contribution in [3.63, 3.8) is 0 Å². The van der Waals surface area contributed by atoms with Crippen LogP contribution in [0.25, 0.3) is 0 Å². The Labute approximate surface area is 126 Å². The van der Waals surface area contributed by atoms with Crippen molar-refractivity contribution in [3.8, 4) is 5.75 Å². The van der Waals surface area contributed by atoms with Gasteiger partial charge in [0.05, 0.1) is 6.10 Å². The molecule has 0 aliphatic carbocycles. The van der Waals surface area contributed by atoms with Crippen molar-refractivity contribution in [2.24, 2.45) is 0 Å². The van der Waals surface area contributed by atoms with Gasteiger partial charge >= 0.3 is 0 Å². The van der Waals surface area contributed by atoms with Gasteiger partial charge in [0.25, 0.3) is 0 Å². The Morgan fingerprint density at radius 3 is 2.70 bits per heavy atom. The Morgan fingerprint density at radius 2 is 1.95 bits per heavy atom. The summed E-state index contributed by atoms with van der Waals surface area (Å²) in [6.07, 6.45) is -0.565. The standard InChI is InChI=1S/C15H13Cl2FO2/c16-11-2-1-3-14(8-11)20-9-13(19)7-10-6-12(18)4-5-15(10)17/h1-6,8,13,19H,7,9H2. The molecule has 106 valence electrons. The number of aliphatic hydroxyl groups excluding tert-OH is 1.